The maximum absolute atomic E-state index is 10.5. The Bertz CT molecular complexity index is 343. The van der Waals surface area contributed by atoms with Crippen LogP contribution in [0, 0.1) is 0 Å². The van der Waals surface area contributed by atoms with E-state index in [1.807, 2.05) is 0 Å². The van der Waals surface area contributed by atoms with Crippen LogP contribution in [0.2, 0.25) is 5.02 Å². The minimum atomic E-state index is -2.37. The van der Waals surface area contributed by atoms with Crippen LogP contribution in [0.15, 0.2) is 17.0 Å². The third-order valence-electron chi connectivity index (χ3n) is 1.31. The van der Waals surface area contributed by atoms with Crippen LogP contribution < -0.4 is 11.5 Å². The van der Waals surface area contributed by atoms with Crippen molar-refractivity contribution in [1.29, 1.82) is 0 Å². The topological polar surface area (TPSA) is 92.2 Å². The lowest BCUT2D eigenvalue weighted by Crippen LogP contribution is -1.99. The van der Waals surface area contributed by atoms with E-state index in [0.29, 0.717) is 0 Å². The smallest absolute Gasteiger partial charge is 0.0656 e. The molecule has 0 saturated carbocycles. The van der Waals surface area contributed by atoms with E-state index < -0.39 is 11.1 Å². The van der Waals surface area contributed by atoms with Crippen LogP contribution in [0.25, 0.3) is 0 Å². The highest BCUT2D eigenvalue weighted by Gasteiger charge is 2.03. The van der Waals surface area contributed by atoms with Gasteiger partial charge in [-0.3, -0.25) is 4.21 Å². The second kappa shape index (κ2) is 3.30. The van der Waals surface area contributed by atoms with Crippen LogP contribution in [0.3, 0.4) is 0 Å². The number of nitrogens with two attached hydrogens (primary N) is 2. The Hall–Kier alpha value is -0.780. The highest BCUT2D eigenvalue weighted by molar-refractivity contribution is 7.79. The van der Waals surface area contributed by atoms with Crippen molar-refractivity contribution in [2.45, 2.75) is 4.90 Å². The highest BCUT2D eigenvalue weighted by Crippen LogP contribution is 2.26. The van der Waals surface area contributed by atoms with E-state index in [1.165, 1.54) is 12.1 Å². The molecule has 12 heavy (non-hydrogen) atoms. The monoisotopic (exact) mass is 205 g/mol. The van der Waals surface area contributed by atoms with Gasteiger partial charge in [0.05, 0.1) is 10.7 Å². The predicted molar refractivity (Wildman–Crippen MR) is 47.5 cm³/mol. The summed E-state index contributed by atoms with van der Waals surface area (Å²) in [6.45, 7) is 0. The number of hydrogen-bond donors (Lipinski definition) is 2. The second-order valence-electron chi connectivity index (χ2n) is 2.15. The zero-order chi connectivity index (χ0) is 9.30. The number of nitrogen functional groups attached to an aromatic ring is 2. The van der Waals surface area contributed by atoms with Crippen molar-refractivity contribution < 1.29 is 8.76 Å². The third kappa shape index (κ3) is 1.69. The van der Waals surface area contributed by atoms with Crippen molar-refractivity contribution in [2.75, 3.05) is 11.5 Å². The molecule has 1 atom stereocenters. The van der Waals surface area contributed by atoms with Crippen molar-refractivity contribution in [2.24, 2.45) is 0 Å². The molecule has 1 rings (SSSR count). The van der Waals surface area contributed by atoms with Crippen molar-refractivity contribution >= 4 is 34.1 Å². The number of rotatable bonds is 1. The van der Waals surface area contributed by atoms with Gasteiger partial charge >= 0.3 is 0 Å². The first-order valence-corrected chi connectivity index (χ1v) is 4.41. The number of anilines is 2. The standard InChI is InChI=1S/C6H7ClN2O2S/c7-3-1-5(9)6(12(10)11)2-4(3)8/h1-2H,8-9H2,(H,10,11)/p-1. The highest BCUT2D eigenvalue weighted by atomic mass is 35.5. The molecule has 6 heteroatoms. The summed E-state index contributed by atoms with van der Waals surface area (Å²) in [6.07, 6.45) is 0. The molecule has 1 aromatic rings. The fourth-order valence-electron chi connectivity index (χ4n) is 0.729. The van der Waals surface area contributed by atoms with Crippen molar-refractivity contribution in [1.82, 2.24) is 0 Å². The molecule has 0 aliphatic heterocycles. The third-order valence-corrected chi connectivity index (χ3v) is 2.35. The molecule has 4 N–H and O–H groups in total. The largest absolute Gasteiger partial charge is 0.768 e. The van der Waals surface area contributed by atoms with E-state index in [-0.39, 0.29) is 21.3 Å². The molecule has 0 aromatic heterocycles. The van der Waals surface area contributed by atoms with Gasteiger partial charge in [0, 0.05) is 10.6 Å². The molecule has 4 nitrogen and oxygen atoms in total. The van der Waals surface area contributed by atoms with Gasteiger partial charge in [-0.05, 0) is 23.2 Å². The minimum absolute atomic E-state index is 0.0306. The van der Waals surface area contributed by atoms with Crippen LogP contribution in [-0.2, 0) is 11.1 Å². The van der Waals surface area contributed by atoms with Gasteiger partial charge < -0.3 is 16.0 Å². The summed E-state index contributed by atoms with van der Waals surface area (Å²) in [5.74, 6) is 0. The molecule has 0 amide bonds. The summed E-state index contributed by atoms with van der Waals surface area (Å²) < 4.78 is 21.0. The normalized spacial score (nSPS) is 12.8. The van der Waals surface area contributed by atoms with Gasteiger partial charge in [-0.1, -0.05) is 11.6 Å². The molecule has 1 aromatic carbocycles. The molecule has 1 unspecified atom stereocenters. The molecular weight excluding hydrogens is 200 g/mol. The Balaban J connectivity index is 3.33. The summed E-state index contributed by atoms with van der Waals surface area (Å²) in [5.41, 5.74) is 11.0. The van der Waals surface area contributed by atoms with Crippen LogP contribution >= 0.6 is 11.6 Å². The van der Waals surface area contributed by atoms with Gasteiger partial charge in [0.1, 0.15) is 0 Å². The van der Waals surface area contributed by atoms with E-state index in [4.69, 9.17) is 23.1 Å². The van der Waals surface area contributed by atoms with Crippen LogP contribution in [0.4, 0.5) is 11.4 Å². The van der Waals surface area contributed by atoms with Gasteiger partial charge in [0.15, 0.2) is 0 Å². The molecule has 0 radical (unpaired) electrons. The number of benzene rings is 1. The Labute approximate surface area is 76.8 Å². The van der Waals surface area contributed by atoms with Gasteiger partial charge in [-0.15, -0.1) is 0 Å². The van der Waals surface area contributed by atoms with Gasteiger partial charge in [0.2, 0.25) is 0 Å². The second-order valence-corrected chi connectivity index (χ2v) is 3.46. The predicted octanol–water partition coefficient (Wildman–Crippen LogP) is 0.742. The molecule has 0 aliphatic carbocycles. The Morgan fingerprint density at radius 2 is 1.92 bits per heavy atom. The van der Waals surface area contributed by atoms with E-state index in [1.54, 1.807) is 0 Å². The van der Waals surface area contributed by atoms with E-state index in [9.17, 15) is 8.76 Å². The lowest BCUT2D eigenvalue weighted by molar-refractivity contribution is 0.537. The van der Waals surface area contributed by atoms with Crippen LogP contribution in [-0.4, -0.2) is 8.76 Å². The maximum Gasteiger partial charge on any atom is 0.0656 e. The summed E-state index contributed by atoms with van der Waals surface area (Å²) in [5, 5.41) is 0.252. The zero-order valence-electron chi connectivity index (χ0n) is 5.91. The maximum atomic E-state index is 10.5. The van der Waals surface area contributed by atoms with Crippen molar-refractivity contribution in [3.63, 3.8) is 0 Å². The fraction of sp³-hybridized carbons (Fsp3) is 0. The molecule has 0 spiro atoms. The molecule has 0 fully saturated rings. The van der Waals surface area contributed by atoms with Gasteiger partial charge in [-0.2, -0.15) is 0 Å². The number of hydrogen-bond acceptors (Lipinski definition) is 4. The average molecular weight is 206 g/mol. The Morgan fingerprint density at radius 1 is 1.33 bits per heavy atom. The van der Waals surface area contributed by atoms with Crippen molar-refractivity contribution in [3.05, 3.63) is 17.2 Å². The summed E-state index contributed by atoms with van der Waals surface area (Å²) in [4.78, 5) is -0.0306. The Kier molecular flexibility index (Phi) is 2.56. The Morgan fingerprint density at radius 3 is 2.42 bits per heavy atom. The average Bonchev–Trinajstić information content (AvgIpc) is 1.96. The van der Waals surface area contributed by atoms with E-state index >= 15 is 0 Å². The first kappa shape index (κ1) is 9.31. The first-order valence-electron chi connectivity index (χ1n) is 2.96. The molecule has 0 saturated heterocycles. The van der Waals surface area contributed by atoms with Gasteiger partial charge in [0.25, 0.3) is 0 Å². The first-order chi connectivity index (χ1) is 5.52. The SMILES string of the molecule is Nc1cc(S(=O)[O-])c(N)cc1Cl. The quantitative estimate of drug-likeness (QED) is 0.523. The van der Waals surface area contributed by atoms with Crippen LogP contribution in [0.5, 0.6) is 0 Å². The van der Waals surface area contributed by atoms with Crippen LogP contribution in [0.1, 0.15) is 0 Å². The molecule has 66 valence electrons. The van der Waals surface area contributed by atoms with E-state index in [0.717, 1.165) is 0 Å². The lowest BCUT2D eigenvalue weighted by atomic mass is 10.3. The summed E-state index contributed by atoms with van der Waals surface area (Å²) >= 11 is 3.21. The molecule has 0 heterocycles. The summed E-state index contributed by atoms with van der Waals surface area (Å²) in [6, 6.07) is 2.53. The van der Waals surface area contributed by atoms with E-state index in [2.05, 4.69) is 0 Å². The zero-order valence-corrected chi connectivity index (χ0v) is 7.48. The van der Waals surface area contributed by atoms with Crippen molar-refractivity contribution in [3.8, 4) is 0 Å². The minimum Gasteiger partial charge on any atom is -0.768 e. The fourth-order valence-corrected chi connectivity index (χ4v) is 1.38. The molecular formula is C6H6ClN2O2S-. The lowest BCUT2D eigenvalue weighted by Gasteiger charge is -2.09. The van der Waals surface area contributed by atoms with Gasteiger partial charge in [-0.25, -0.2) is 0 Å². The summed E-state index contributed by atoms with van der Waals surface area (Å²) in [7, 11) is 0. The molecule has 0 aliphatic rings. The molecule has 0 bridgehead atoms. The number of halogens is 1.